The van der Waals surface area contributed by atoms with Crippen molar-refractivity contribution in [2.45, 2.75) is 39.2 Å². The van der Waals surface area contributed by atoms with E-state index in [9.17, 15) is 9.18 Å². The molecule has 1 fully saturated rings. The molecular weight excluding hydrogens is 297 g/mol. The van der Waals surface area contributed by atoms with Crippen molar-refractivity contribution in [3.8, 4) is 0 Å². The molecule has 0 spiro atoms. The number of alkyl carbamates (subject to hydrolysis) is 1. The van der Waals surface area contributed by atoms with Gasteiger partial charge in [0.05, 0.1) is 5.69 Å². The molecule has 5 nitrogen and oxygen atoms in total. The summed E-state index contributed by atoms with van der Waals surface area (Å²) in [6, 6.07) is 5.18. The van der Waals surface area contributed by atoms with Crippen LogP contribution in [-0.2, 0) is 4.74 Å². The number of hydrogen-bond donors (Lipinski definition) is 2. The summed E-state index contributed by atoms with van der Waals surface area (Å²) < 4.78 is 19.3. The second-order valence-electron chi connectivity index (χ2n) is 6.72. The molecule has 1 aliphatic rings. The summed E-state index contributed by atoms with van der Waals surface area (Å²) in [6.45, 7) is 8.19. The number of benzene rings is 1. The van der Waals surface area contributed by atoms with Gasteiger partial charge in [0.25, 0.3) is 0 Å². The molecule has 0 aromatic heterocycles. The van der Waals surface area contributed by atoms with E-state index < -0.39 is 11.7 Å². The predicted molar refractivity (Wildman–Crippen MR) is 90.6 cm³/mol. The Bertz CT molecular complexity index is 537. The van der Waals surface area contributed by atoms with E-state index in [1.165, 1.54) is 6.07 Å². The Balaban J connectivity index is 1.76. The summed E-state index contributed by atoms with van der Waals surface area (Å²) in [4.78, 5) is 13.6. The second kappa shape index (κ2) is 7.53. The van der Waals surface area contributed by atoms with Gasteiger partial charge in [0, 0.05) is 31.9 Å². The van der Waals surface area contributed by atoms with Crippen molar-refractivity contribution in [2.75, 3.05) is 36.4 Å². The molecule has 1 aliphatic heterocycles. The Morgan fingerprint density at radius 1 is 1.26 bits per heavy atom. The number of carbonyl (C=O) groups is 1. The monoisotopic (exact) mass is 323 g/mol. The van der Waals surface area contributed by atoms with Crippen molar-refractivity contribution in [3.05, 3.63) is 24.0 Å². The Morgan fingerprint density at radius 3 is 2.57 bits per heavy atom. The average Bonchev–Trinajstić information content (AvgIpc) is 2.95. The number of halogens is 1. The Hall–Kier alpha value is -1.98. The number of carbonyl (C=O) groups excluding carboxylic acids is 1. The first-order valence-electron chi connectivity index (χ1n) is 8.10. The van der Waals surface area contributed by atoms with Crippen LogP contribution in [0.4, 0.5) is 20.6 Å². The quantitative estimate of drug-likeness (QED) is 0.816. The second-order valence-corrected chi connectivity index (χ2v) is 6.72. The highest BCUT2D eigenvalue weighted by Gasteiger charge is 2.17. The van der Waals surface area contributed by atoms with Gasteiger partial charge in [-0.05, 0) is 51.8 Å². The predicted octanol–water partition coefficient (Wildman–Crippen LogP) is 3.36. The van der Waals surface area contributed by atoms with Crippen LogP contribution in [0.2, 0.25) is 0 Å². The summed E-state index contributed by atoms with van der Waals surface area (Å²) in [7, 11) is 0. The zero-order chi connectivity index (χ0) is 16.9. The minimum Gasteiger partial charge on any atom is -0.444 e. The zero-order valence-corrected chi connectivity index (χ0v) is 14.1. The van der Waals surface area contributed by atoms with Crippen LogP contribution in [0.25, 0.3) is 0 Å². The molecular formula is C17H26FN3O2. The van der Waals surface area contributed by atoms with Crippen LogP contribution in [-0.4, -0.2) is 37.9 Å². The molecule has 0 unspecified atom stereocenters. The maximum Gasteiger partial charge on any atom is 0.407 e. The lowest BCUT2D eigenvalue weighted by molar-refractivity contribution is 0.0530. The van der Waals surface area contributed by atoms with E-state index in [1.54, 1.807) is 0 Å². The van der Waals surface area contributed by atoms with Gasteiger partial charge < -0.3 is 20.3 Å². The van der Waals surface area contributed by atoms with Crippen molar-refractivity contribution in [1.29, 1.82) is 0 Å². The number of ether oxygens (including phenoxy) is 1. The lowest BCUT2D eigenvalue weighted by Gasteiger charge is -2.20. The molecule has 23 heavy (non-hydrogen) atoms. The van der Waals surface area contributed by atoms with Crippen LogP contribution in [0.5, 0.6) is 0 Å². The van der Waals surface area contributed by atoms with Crippen LogP contribution in [0.1, 0.15) is 33.6 Å². The Kier molecular flexibility index (Phi) is 5.69. The normalized spacial score (nSPS) is 14.7. The first kappa shape index (κ1) is 17.4. The summed E-state index contributed by atoms with van der Waals surface area (Å²) in [6.07, 6.45) is 1.79. The molecule has 0 saturated carbocycles. The fourth-order valence-electron chi connectivity index (χ4n) is 2.52. The summed E-state index contributed by atoms with van der Waals surface area (Å²) in [5, 5.41) is 5.75. The largest absolute Gasteiger partial charge is 0.444 e. The lowest BCUT2D eigenvalue weighted by Crippen LogP contribution is -2.35. The first-order valence-corrected chi connectivity index (χ1v) is 8.10. The fraction of sp³-hybridized carbons (Fsp3) is 0.588. The first-order chi connectivity index (χ1) is 10.8. The average molecular weight is 323 g/mol. The van der Waals surface area contributed by atoms with E-state index in [2.05, 4.69) is 15.5 Å². The SMILES string of the molecule is CC(C)(C)OC(=O)NCCNc1ccc(N2CCCC2)c(F)c1. The zero-order valence-electron chi connectivity index (χ0n) is 14.1. The minimum absolute atomic E-state index is 0.211. The number of nitrogens with zero attached hydrogens (tertiary/aromatic N) is 1. The van der Waals surface area contributed by atoms with Gasteiger partial charge in [-0.2, -0.15) is 0 Å². The number of hydrogen-bond acceptors (Lipinski definition) is 4. The molecule has 1 amide bonds. The van der Waals surface area contributed by atoms with Crippen molar-refractivity contribution >= 4 is 17.5 Å². The molecule has 1 saturated heterocycles. The lowest BCUT2D eigenvalue weighted by atomic mass is 10.2. The van der Waals surface area contributed by atoms with Crippen molar-refractivity contribution in [3.63, 3.8) is 0 Å². The van der Waals surface area contributed by atoms with Crippen molar-refractivity contribution < 1.29 is 13.9 Å². The number of anilines is 2. The third-order valence-electron chi connectivity index (χ3n) is 3.52. The topological polar surface area (TPSA) is 53.6 Å². The highest BCUT2D eigenvalue weighted by atomic mass is 19.1. The number of rotatable bonds is 5. The molecule has 0 bridgehead atoms. The van der Waals surface area contributed by atoms with Gasteiger partial charge in [0.2, 0.25) is 0 Å². The molecule has 0 atom stereocenters. The Labute approximate surface area is 137 Å². The van der Waals surface area contributed by atoms with Gasteiger partial charge in [-0.3, -0.25) is 0 Å². The van der Waals surface area contributed by atoms with E-state index in [0.29, 0.717) is 24.5 Å². The smallest absolute Gasteiger partial charge is 0.407 e. The fourth-order valence-corrected chi connectivity index (χ4v) is 2.52. The van der Waals surface area contributed by atoms with E-state index in [1.807, 2.05) is 32.9 Å². The molecule has 128 valence electrons. The highest BCUT2D eigenvalue weighted by Crippen LogP contribution is 2.25. The van der Waals surface area contributed by atoms with E-state index >= 15 is 0 Å². The van der Waals surface area contributed by atoms with Crippen LogP contribution >= 0.6 is 0 Å². The van der Waals surface area contributed by atoms with Gasteiger partial charge in [-0.15, -0.1) is 0 Å². The van der Waals surface area contributed by atoms with E-state index in [0.717, 1.165) is 25.9 Å². The van der Waals surface area contributed by atoms with Crippen LogP contribution in [0.3, 0.4) is 0 Å². The third-order valence-corrected chi connectivity index (χ3v) is 3.52. The van der Waals surface area contributed by atoms with Crippen molar-refractivity contribution in [1.82, 2.24) is 5.32 Å². The third kappa shape index (κ3) is 5.62. The van der Waals surface area contributed by atoms with E-state index in [4.69, 9.17) is 4.74 Å². The number of amides is 1. The summed E-state index contributed by atoms with van der Waals surface area (Å²) >= 11 is 0. The Morgan fingerprint density at radius 2 is 1.96 bits per heavy atom. The molecule has 2 rings (SSSR count). The molecule has 0 radical (unpaired) electrons. The molecule has 0 aliphatic carbocycles. The summed E-state index contributed by atoms with van der Waals surface area (Å²) in [5.41, 5.74) is 0.864. The van der Waals surface area contributed by atoms with E-state index in [-0.39, 0.29) is 5.82 Å². The standard InChI is InChI=1S/C17H26FN3O2/c1-17(2,3)23-16(22)20-9-8-19-13-6-7-15(14(18)12-13)21-10-4-5-11-21/h6-7,12,19H,4-5,8-11H2,1-3H3,(H,20,22). The van der Waals surface area contributed by atoms with Crippen LogP contribution < -0.4 is 15.5 Å². The molecule has 1 aromatic rings. The number of nitrogens with one attached hydrogen (secondary N) is 2. The van der Waals surface area contributed by atoms with Gasteiger partial charge in [-0.25, -0.2) is 9.18 Å². The van der Waals surface area contributed by atoms with Crippen molar-refractivity contribution in [2.24, 2.45) is 0 Å². The van der Waals surface area contributed by atoms with Crippen LogP contribution in [0.15, 0.2) is 18.2 Å². The maximum absolute atomic E-state index is 14.2. The minimum atomic E-state index is -0.508. The maximum atomic E-state index is 14.2. The van der Waals surface area contributed by atoms with Gasteiger partial charge >= 0.3 is 6.09 Å². The van der Waals surface area contributed by atoms with Gasteiger partial charge in [0.1, 0.15) is 11.4 Å². The summed E-state index contributed by atoms with van der Waals surface area (Å²) in [5.74, 6) is -0.211. The molecule has 2 N–H and O–H groups in total. The van der Waals surface area contributed by atoms with Crippen LogP contribution in [0, 0.1) is 5.82 Å². The van der Waals surface area contributed by atoms with Gasteiger partial charge in [0.15, 0.2) is 0 Å². The molecule has 6 heteroatoms. The molecule has 1 heterocycles. The van der Waals surface area contributed by atoms with Gasteiger partial charge in [-0.1, -0.05) is 0 Å². The highest BCUT2D eigenvalue weighted by molar-refractivity contribution is 5.67. The molecule has 1 aromatic carbocycles.